The lowest BCUT2D eigenvalue weighted by Crippen LogP contribution is -2.17. The van der Waals surface area contributed by atoms with Crippen molar-refractivity contribution in [1.29, 1.82) is 5.26 Å². The number of nitrogens with zero attached hydrogens (tertiary/aromatic N) is 2. The number of nitriles is 1. The Balaban J connectivity index is 2.08. The van der Waals surface area contributed by atoms with Crippen molar-refractivity contribution in [2.24, 2.45) is 0 Å². The van der Waals surface area contributed by atoms with E-state index in [9.17, 15) is 4.39 Å². The quantitative estimate of drug-likeness (QED) is 0.842. The Hall–Kier alpha value is -1.70. The molecule has 2 rings (SSSR count). The molecule has 0 bridgehead atoms. The lowest BCUT2D eigenvalue weighted by molar-refractivity contribution is 0.316. The summed E-state index contributed by atoms with van der Waals surface area (Å²) in [6, 6.07) is 10.9. The first-order chi connectivity index (χ1) is 8.70. The Morgan fingerprint density at radius 3 is 2.78 bits per heavy atom. The molecule has 0 saturated heterocycles. The molecule has 0 spiro atoms. The van der Waals surface area contributed by atoms with E-state index in [-0.39, 0.29) is 5.56 Å². The highest BCUT2D eigenvalue weighted by molar-refractivity contribution is 7.09. The highest BCUT2D eigenvalue weighted by atomic mass is 32.1. The summed E-state index contributed by atoms with van der Waals surface area (Å²) in [5.41, 5.74) is 0.671. The number of thiophene rings is 1. The van der Waals surface area contributed by atoms with Crippen LogP contribution >= 0.6 is 11.3 Å². The molecule has 0 aliphatic rings. The third-order valence-electron chi connectivity index (χ3n) is 2.65. The van der Waals surface area contributed by atoms with Crippen LogP contribution < -0.4 is 0 Å². The van der Waals surface area contributed by atoms with E-state index < -0.39 is 5.82 Å². The van der Waals surface area contributed by atoms with Gasteiger partial charge in [-0.25, -0.2) is 4.39 Å². The van der Waals surface area contributed by atoms with E-state index in [1.54, 1.807) is 23.5 Å². The van der Waals surface area contributed by atoms with Crippen LogP contribution in [-0.4, -0.2) is 11.9 Å². The van der Waals surface area contributed by atoms with Crippen LogP contribution in [0.1, 0.15) is 16.0 Å². The molecule has 0 atom stereocenters. The van der Waals surface area contributed by atoms with E-state index in [1.165, 1.54) is 10.9 Å². The van der Waals surface area contributed by atoms with Crippen LogP contribution in [0.5, 0.6) is 0 Å². The van der Waals surface area contributed by atoms with Gasteiger partial charge in [0.25, 0.3) is 0 Å². The van der Waals surface area contributed by atoms with Crippen molar-refractivity contribution in [2.45, 2.75) is 13.1 Å². The van der Waals surface area contributed by atoms with E-state index in [4.69, 9.17) is 5.26 Å². The van der Waals surface area contributed by atoms with E-state index in [2.05, 4.69) is 6.07 Å². The average molecular weight is 260 g/mol. The molecule has 0 aliphatic heterocycles. The minimum Gasteiger partial charge on any atom is -0.297 e. The third kappa shape index (κ3) is 2.95. The summed E-state index contributed by atoms with van der Waals surface area (Å²) < 4.78 is 13.9. The molecular weight excluding hydrogens is 247 g/mol. The van der Waals surface area contributed by atoms with Crippen LogP contribution in [0.15, 0.2) is 35.7 Å². The smallest absolute Gasteiger partial charge is 0.145 e. The molecule has 18 heavy (non-hydrogen) atoms. The lowest BCUT2D eigenvalue weighted by Gasteiger charge is -2.16. The fourth-order valence-corrected chi connectivity index (χ4v) is 2.59. The molecule has 0 fully saturated rings. The van der Waals surface area contributed by atoms with Gasteiger partial charge >= 0.3 is 0 Å². The molecule has 0 saturated carbocycles. The van der Waals surface area contributed by atoms with Crippen LogP contribution in [0.3, 0.4) is 0 Å². The number of hydrogen-bond acceptors (Lipinski definition) is 3. The summed E-state index contributed by atoms with van der Waals surface area (Å²) in [6.45, 7) is 1.28. The van der Waals surface area contributed by atoms with Gasteiger partial charge in [0.15, 0.2) is 0 Å². The molecular formula is C14H13FN2S. The molecule has 2 aromatic rings. The second kappa shape index (κ2) is 5.76. The first-order valence-electron chi connectivity index (χ1n) is 5.59. The summed E-state index contributed by atoms with van der Waals surface area (Å²) in [7, 11) is 1.94. The van der Waals surface area contributed by atoms with Crippen molar-refractivity contribution in [3.63, 3.8) is 0 Å². The molecule has 92 valence electrons. The first kappa shape index (κ1) is 12.7. The third-order valence-corrected chi connectivity index (χ3v) is 3.51. The fourth-order valence-electron chi connectivity index (χ4n) is 1.80. The van der Waals surface area contributed by atoms with E-state index >= 15 is 0 Å². The van der Waals surface area contributed by atoms with E-state index in [0.717, 1.165) is 6.54 Å². The Bertz CT molecular complexity index is 558. The molecule has 4 heteroatoms. The zero-order chi connectivity index (χ0) is 13.0. The molecule has 0 N–H and O–H groups in total. The largest absolute Gasteiger partial charge is 0.297 e. The number of benzene rings is 1. The summed E-state index contributed by atoms with van der Waals surface area (Å²) >= 11 is 1.69. The molecule has 1 heterocycles. The maximum absolute atomic E-state index is 13.9. The number of halogens is 1. The number of rotatable bonds is 4. The minimum atomic E-state index is -0.405. The molecule has 1 aromatic heterocycles. The normalized spacial score (nSPS) is 10.6. The highest BCUT2D eigenvalue weighted by Gasteiger charge is 2.10. The second-order valence-electron chi connectivity index (χ2n) is 4.14. The van der Waals surface area contributed by atoms with Crippen LogP contribution in [0.2, 0.25) is 0 Å². The zero-order valence-corrected chi connectivity index (χ0v) is 10.9. The predicted octanol–water partition coefficient (Wildman–Crippen LogP) is 3.39. The Labute approximate surface area is 110 Å². The fraction of sp³-hybridized carbons (Fsp3) is 0.214. The van der Waals surface area contributed by atoms with Crippen molar-refractivity contribution in [1.82, 2.24) is 4.90 Å². The first-order valence-corrected chi connectivity index (χ1v) is 6.47. The van der Waals surface area contributed by atoms with Gasteiger partial charge in [-0.3, -0.25) is 4.90 Å². The van der Waals surface area contributed by atoms with Crippen molar-refractivity contribution >= 4 is 11.3 Å². The zero-order valence-electron chi connectivity index (χ0n) is 10.1. The van der Waals surface area contributed by atoms with Crippen molar-refractivity contribution in [3.05, 3.63) is 57.5 Å². The van der Waals surface area contributed by atoms with Gasteiger partial charge in [0, 0.05) is 23.5 Å². The van der Waals surface area contributed by atoms with Gasteiger partial charge in [-0.05, 0) is 24.6 Å². The van der Waals surface area contributed by atoms with Gasteiger partial charge in [0.2, 0.25) is 0 Å². The molecule has 0 amide bonds. The topological polar surface area (TPSA) is 27.0 Å². The Kier molecular flexibility index (Phi) is 4.08. The highest BCUT2D eigenvalue weighted by Crippen LogP contribution is 2.16. The lowest BCUT2D eigenvalue weighted by atomic mass is 10.1. The van der Waals surface area contributed by atoms with E-state index in [1.807, 2.05) is 29.5 Å². The SMILES string of the molecule is CN(Cc1cccs1)Cc1cccc(C#N)c1F. The summed E-state index contributed by atoms with van der Waals surface area (Å²) in [4.78, 5) is 3.28. The van der Waals surface area contributed by atoms with Gasteiger partial charge < -0.3 is 0 Å². The van der Waals surface area contributed by atoms with Gasteiger partial charge in [-0.15, -0.1) is 11.3 Å². The predicted molar refractivity (Wildman–Crippen MR) is 70.6 cm³/mol. The molecule has 0 unspecified atom stereocenters. The van der Waals surface area contributed by atoms with Crippen LogP contribution in [0.25, 0.3) is 0 Å². The van der Waals surface area contributed by atoms with Crippen molar-refractivity contribution in [2.75, 3.05) is 7.05 Å². The second-order valence-corrected chi connectivity index (χ2v) is 5.17. The van der Waals surface area contributed by atoms with Crippen LogP contribution in [-0.2, 0) is 13.1 Å². The number of hydrogen-bond donors (Lipinski definition) is 0. The molecule has 2 nitrogen and oxygen atoms in total. The standard InChI is InChI=1S/C14H13FN2S/c1-17(10-13-6-3-7-18-13)9-12-5-2-4-11(8-16)14(12)15/h2-7H,9-10H2,1H3. The van der Waals surface area contributed by atoms with Crippen LogP contribution in [0.4, 0.5) is 4.39 Å². The van der Waals surface area contributed by atoms with Gasteiger partial charge in [0.05, 0.1) is 5.56 Å². The van der Waals surface area contributed by atoms with Gasteiger partial charge in [0.1, 0.15) is 11.9 Å². The summed E-state index contributed by atoms with van der Waals surface area (Å²) in [6.07, 6.45) is 0. The van der Waals surface area contributed by atoms with Gasteiger partial charge in [-0.1, -0.05) is 18.2 Å². The summed E-state index contributed by atoms with van der Waals surface area (Å²) in [5, 5.41) is 10.8. The van der Waals surface area contributed by atoms with Crippen molar-refractivity contribution < 1.29 is 4.39 Å². The molecule has 0 radical (unpaired) electrons. The maximum Gasteiger partial charge on any atom is 0.145 e. The molecule has 1 aromatic carbocycles. The summed E-state index contributed by atoms with van der Waals surface area (Å²) in [5.74, 6) is -0.405. The molecule has 0 aliphatic carbocycles. The van der Waals surface area contributed by atoms with Crippen LogP contribution in [0, 0.1) is 17.1 Å². The maximum atomic E-state index is 13.9. The van der Waals surface area contributed by atoms with E-state index in [0.29, 0.717) is 12.1 Å². The van der Waals surface area contributed by atoms with Gasteiger partial charge in [-0.2, -0.15) is 5.26 Å². The minimum absolute atomic E-state index is 0.108. The Morgan fingerprint density at radius 2 is 2.11 bits per heavy atom. The Morgan fingerprint density at radius 1 is 1.28 bits per heavy atom. The average Bonchev–Trinajstić information content (AvgIpc) is 2.84. The monoisotopic (exact) mass is 260 g/mol. The van der Waals surface area contributed by atoms with Crippen molar-refractivity contribution in [3.8, 4) is 6.07 Å².